The Labute approximate surface area is 446 Å². The lowest BCUT2D eigenvalue weighted by Crippen LogP contribution is -2.30. The van der Waals surface area contributed by atoms with Crippen LogP contribution in [0.2, 0.25) is 0 Å². The first kappa shape index (κ1) is 67.5. The van der Waals surface area contributed by atoms with Crippen molar-refractivity contribution in [1.29, 1.82) is 0 Å². The van der Waals surface area contributed by atoms with Gasteiger partial charge in [-0.2, -0.15) is 0 Å². The van der Waals surface area contributed by atoms with Crippen molar-refractivity contribution in [3.8, 4) is 0 Å². The summed E-state index contributed by atoms with van der Waals surface area (Å²) in [5, 5.41) is 0. The van der Waals surface area contributed by atoms with E-state index in [-0.39, 0.29) is 31.6 Å². The number of carbonyl (C=O) groups excluding carboxylic acids is 3. The molecule has 0 aromatic heterocycles. The summed E-state index contributed by atoms with van der Waals surface area (Å²) in [5.41, 5.74) is 0. The lowest BCUT2D eigenvalue weighted by atomic mass is 10.1. The van der Waals surface area contributed by atoms with E-state index in [4.69, 9.17) is 14.2 Å². The Morgan fingerprint density at radius 2 is 0.575 bits per heavy atom. The zero-order valence-electron chi connectivity index (χ0n) is 46.1. The van der Waals surface area contributed by atoms with Crippen molar-refractivity contribution in [3.05, 3.63) is 182 Å². The third kappa shape index (κ3) is 57.3. The fourth-order valence-corrected chi connectivity index (χ4v) is 6.78. The molecule has 0 aliphatic carbocycles. The molecular formula is C67H100O6. The van der Waals surface area contributed by atoms with Crippen LogP contribution in [0.25, 0.3) is 0 Å². The number of unbranched alkanes of at least 4 members (excludes halogenated alkanes) is 8. The minimum Gasteiger partial charge on any atom is -0.462 e. The molecule has 0 aromatic carbocycles. The smallest absolute Gasteiger partial charge is 0.310 e. The maximum absolute atomic E-state index is 12.7. The summed E-state index contributed by atoms with van der Waals surface area (Å²) in [6, 6.07) is 0. The Balaban J connectivity index is 4.23. The van der Waals surface area contributed by atoms with E-state index in [0.717, 1.165) is 154 Å². The monoisotopic (exact) mass is 1000 g/mol. The van der Waals surface area contributed by atoms with E-state index in [1.54, 1.807) is 6.08 Å². The SMILES string of the molecule is CC/C=C\C/C=C\C/C=C\C/C=C\C/C=C\C/C=C\C/C=C\C/C=C\C/C=C\C/C=C\CCCCCCC(=O)OCC(COC(=O)CCCCCCC)OC(=O)C/C=C\C/C=C\C/C=C\C/C=C\C/C=C\CC. The number of hydrogen-bond donors (Lipinski definition) is 0. The van der Waals surface area contributed by atoms with E-state index in [1.807, 2.05) is 6.08 Å². The Morgan fingerprint density at radius 3 is 0.890 bits per heavy atom. The third-order valence-electron chi connectivity index (χ3n) is 10.9. The fourth-order valence-electron chi connectivity index (χ4n) is 6.78. The van der Waals surface area contributed by atoms with Crippen LogP contribution in [0.3, 0.4) is 0 Å². The highest BCUT2D eigenvalue weighted by molar-refractivity contribution is 5.72. The highest BCUT2D eigenvalue weighted by Crippen LogP contribution is 2.10. The molecule has 0 saturated carbocycles. The van der Waals surface area contributed by atoms with Crippen molar-refractivity contribution >= 4 is 17.9 Å². The molecule has 73 heavy (non-hydrogen) atoms. The largest absolute Gasteiger partial charge is 0.462 e. The predicted molar refractivity (Wildman–Crippen MR) is 315 cm³/mol. The molecule has 1 unspecified atom stereocenters. The van der Waals surface area contributed by atoms with Gasteiger partial charge in [0.25, 0.3) is 0 Å². The van der Waals surface area contributed by atoms with Gasteiger partial charge in [-0.3, -0.25) is 14.4 Å². The Morgan fingerprint density at radius 1 is 0.301 bits per heavy atom. The second-order valence-electron chi connectivity index (χ2n) is 17.8. The van der Waals surface area contributed by atoms with E-state index < -0.39 is 12.1 Å². The van der Waals surface area contributed by atoms with Gasteiger partial charge in [-0.05, 0) is 122 Å². The van der Waals surface area contributed by atoms with Crippen molar-refractivity contribution in [1.82, 2.24) is 0 Å². The van der Waals surface area contributed by atoms with Gasteiger partial charge in [0.15, 0.2) is 6.10 Å². The quantitative estimate of drug-likeness (QED) is 0.0262. The highest BCUT2D eigenvalue weighted by Gasteiger charge is 2.19. The number of hydrogen-bond acceptors (Lipinski definition) is 6. The van der Waals surface area contributed by atoms with Gasteiger partial charge >= 0.3 is 17.9 Å². The van der Waals surface area contributed by atoms with E-state index in [9.17, 15) is 14.4 Å². The van der Waals surface area contributed by atoms with Crippen LogP contribution in [0, 0.1) is 0 Å². The molecule has 404 valence electrons. The third-order valence-corrected chi connectivity index (χ3v) is 10.9. The van der Waals surface area contributed by atoms with E-state index in [2.05, 4.69) is 191 Å². The summed E-state index contributed by atoms with van der Waals surface area (Å²) in [7, 11) is 0. The van der Waals surface area contributed by atoms with Gasteiger partial charge in [0.2, 0.25) is 0 Å². The maximum atomic E-state index is 12.7. The molecule has 1 atom stereocenters. The average molecular weight is 1000 g/mol. The number of esters is 3. The maximum Gasteiger partial charge on any atom is 0.310 e. The topological polar surface area (TPSA) is 78.9 Å². The van der Waals surface area contributed by atoms with Crippen LogP contribution in [-0.2, 0) is 28.6 Å². The van der Waals surface area contributed by atoms with Gasteiger partial charge in [-0.25, -0.2) is 0 Å². The molecule has 0 N–H and O–H groups in total. The molecule has 0 aliphatic heterocycles. The van der Waals surface area contributed by atoms with Crippen LogP contribution in [0.15, 0.2) is 182 Å². The first-order chi connectivity index (χ1) is 36.0. The molecule has 0 spiro atoms. The zero-order chi connectivity index (χ0) is 52.9. The van der Waals surface area contributed by atoms with Crippen LogP contribution in [-0.4, -0.2) is 37.2 Å². The lowest BCUT2D eigenvalue weighted by Gasteiger charge is -2.18. The number of carbonyl (C=O) groups is 3. The van der Waals surface area contributed by atoms with Crippen molar-refractivity contribution in [2.45, 2.75) is 207 Å². The van der Waals surface area contributed by atoms with Gasteiger partial charge < -0.3 is 14.2 Å². The summed E-state index contributed by atoms with van der Waals surface area (Å²) >= 11 is 0. The second-order valence-corrected chi connectivity index (χ2v) is 17.8. The molecule has 0 aromatic rings. The van der Waals surface area contributed by atoms with Crippen molar-refractivity contribution in [2.24, 2.45) is 0 Å². The molecule has 0 heterocycles. The molecule has 6 heteroatoms. The number of allylic oxidation sites excluding steroid dienone is 29. The van der Waals surface area contributed by atoms with E-state index in [1.165, 1.54) is 0 Å². The van der Waals surface area contributed by atoms with Gasteiger partial charge in [-0.15, -0.1) is 0 Å². The fraction of sp³-hybridized carbons (Fsp3) is 0.507. The van der Waals surface area contributed by atoms with Gasteiger partial charge in [-0.1, -0.05) is 242 Å². The van der Waals surface area contributed by atoms with Gasteiger partial charge in [0, 0.05) is 12.8 Å². The summed E-state index contributed by atoms with van der Waals surface area (Å²) in [4.78, 5) is 37.6. The lowest BCUT2D eigenvalue weighted by molar-refractivity contribution is -0.166. The molecule has 0 bridgehead atoms. The number of ether oxygens (including phenoxy) is 3. The van der Waals surface area contributed by atoms with Crippen molar-refractivity contribution in [2.75, 3.05) is 13.2 Å². The van der Waals surface area contributed by atoms with Crippen LogP contribution in [0.5, 0.6) is 0 Å². The molecule has 0 amide bonds. The average Bonchev–Trinajstić information content (AvgIpc) is 3.39. The standard InChI is InChI=1S/C67H100O6/c1-4-7-10-13-15-17-19-21-23-24-25-26-27-28-29-30-31-32-33-34-35-36-37-38-39-40-41-42-44-45-47-49-51-54-57-60-66(69)72-63-64(62-71-65(68)59-56-53-12-9-6-3)73-67(70)61-58-55-52-50-48-46-43-22-20-18-16-14-11-8-5-2/h7-8,10-11,15-18,21-23,25-26,28-29,31-32,34-35,37-38,40-41,43-45,48,50,55,58,64H,4-6,9,12-14,19-20,24,27,30,33,36,39,42,46-47,49,51-54,56-57,59-63H2,1-3H3/b10-7-,11-8-,17-15-,18-16-,23-21-,26-25-,29-28-,32-31-,35-34-,38-37-,41-40-,43-22-,45-44-,50-48-,58-55-. The molecular weight excluding hydrogens is 901 g/mol. The van der Waals surface area contributed by atoms with Gasteiger partial charge in [0.05, 0.1) is 6.42 Å². The normalized spacial score (nSPS) is 13.5. The molecule has 6 nitrogen and oxygen atoms in total. The Kier molecular flexibility index (Phi) is 54.6. The minimum atomic E-state index is -0.848. The second kappa shape index (κ2) is 59.1. The van der Waals surface area contributed by atoms with Gasteiger partial charge in [0.1, 0.15) is 13.2 Å². The molecule has 0 aliphatic rings. The number of rotatable bonds is 48. The predicted octanol–water partition coefficient (Wildman–Crippen LogP) is 19.3. The molecule has 0 radical (unpaired) electrons. The van der Waals surface area contributed by atoms with E-state index >= 15 is 0 Å². The molecule has 0 rings (SSSR count). The Bertz CT molecular complexity index is 1770. The zero-order valence-corrected chi connectivity index (χ0v) is 46.1. The summed E-state index contributed by atoms with van der Waals surface area (Å²) in [6.07, 6.45) is 89.6. The van der Waals surface area contributed by atoms with E-state index in [0.29, 0.717) is 19.3 Å². The summed E-state index contributed by atoms with van der Waals surface area (Å²) < 4.78 is 16.5. The van der Waals surface area contributed by atoms with Crippen LogP contribution >= 0.6 is 0 Å². The summed E-state index contributed by atoms with van der Waals surface area (Å²) in [5.74, 6) is -1.12. The highest BCUT2D eigenvalue weighted by atomic mass is 16.6. The van der Waals surface area contributed by atoms with Crippen LogP contribution in [0.1, 0.15) is 201 Å². The molecule has 0 saturated heterocycles. The first-order valence-electron chi connectivity index (χ1n) is 28.3. The van der Waals surface area contributed by atoms with Crippen molar-refractivity contribution < 1.29 is 28.6 Å². The molecule has 0 fully saturated rings. The first-order valence-corrected chi connectivity index (χ1v) is 28.3. The summed E-state index contributed by atoms with van der Waals surface area (Å²) in [6.45, 7) is 6.18. The van der Waals surface area contributed by atoms with Crippen LogP contribution < -0.4 is 0 Å². The minimum absolute atomic E-state index is 0.0825. The van der Waals surface area contributed by atoms with Crippen molar-refractivity contribution in [3.63, 3.8) is 0 Å². The van der Waals surface area contributed by atoms with Crippen LogP contribution in [0.4, 0.5) is 0 Å². The Hall–Kier alpha value is -5.49.